The van der Waals surface area contributed by atoms with E-state index in [0.717, 1.165) is 0 Å². The maximum atomic E-state index is 12.0. The lowest BCUT2D eigenvalue weighted by Crippen LogP contribution is -2.44. The van der Waals surface area contributed by atoms with Gasteiger partial charge in [0.15, 0.2) is 0 Å². The van der Waals surface area contributed by atoms with Crippen LogP contribution in [0.15, 0.2) is 0 Å². The van der Waals surface area contributed by atoms with Crippen molar-refractivity contribution in [2.24, 2.45) is 5.92 Å². The summed E-state index contributed by atoms with van der Waals surface area (Å²) >= 11 is 0. The lowest BCUT2D eigenvalue weighted by molar-refractivity contribution is -0.141. The fraction of sp³-hybridized carbons (Fsp3) is 0.889. The third-order valence-electron chi connectivity index (χ3n) is 2.92. The highest BCUT2D eigenvalue weighted by Crippen LogP contribution is 2.21. The first-order chi connectivity index (χ1) is 7.26. The Morgan fingerprint density at radius 2 is 2.06 bits per heavy atom. The van der Waals surface area contributed by atoms with E-state index >= 15 is 0 Å². The topological polar surface area (TPSA) is 77.9 Å². The number of carboxylic acid groups (broad SMARTS) is 1. The van der Waals surface area contributed by atoms with E-state index in [4.69, 9.17) is 5.11 Å². The van der Waals surface area contributed by atoms with Crippen molar-refractivity contribution < 1.29 is 18.3 Å². The van der Waals surface area contributed by atoms with E-state index in [2.05, 4.69) is 0 Å². The largest absolute Gasteiger partial charge is 0.481 e. The minimum absolute atomic E-state index is 0.0781. The highest BCUT2D eigenvalue weighted by molar-refractivity contribution is 7.86. The van der Waals surface area contributed by atoms with E-state index in [9.17, 15) is 13.2 Å². The molecule has 1 unspecified atom stereocenters. The molecule has 1 saturated heterocycles. The summed E-state index contributed by atoms with van der Waals surface area (Å²) in [7, 11) is -1.99. The van der Waals surface area contributed by atoms with E-state index in [1.165, 1.54) is 15.7 Å². The van der Waals surface area contributed by atoms with Gasteiger partial charge < -0.3 is 5.11 Å². The van der Waals surface area contributed by atoms with Crippen LogP contribution in [-0.2, 0) is 15.0 Å². The zero-order valence-corrected chi connectivity index (χ0v) is 10.6. The monoisotopic (exact) mass is 250 g/mol. The number of carboxylic acids is 1. The fourth-order valence-corrected chi connectivity index (χ4v) is 3.19. The zero-order chi connectivity index (χ0) is 12.5. The van der Waals surface area contributed by atoms with Gasteiger partial charge in [-0.15, -0.1) is 0 Å². The predicted octanol–water partition coefficient (Wildman–Crippen LogP) is -0.0221. The molecule has 0 aromatic heterocycles. The van der Waals surface area contributed by atoms with Gasteiger partial charge in [-0.3, -0.25) is 4.79 Å². The molecule has 7 heteroatoms. The van der Waals surface area contributed by atoms with Crippen molar-refractivity contribution in [3.05, 3.63) is 0 Å². The van der Waals surface area contributed by atoms with Gasteiger partial charge in [0.2, 0.25) is 0 Å². The summed E-state index contributed by atoms with van der Waals surface area (Å²) in [5, 5.41) is 8.81. The van der Waals surface area contributed by atoms with Gasteiger partial charge in [-0.05, 0) is 20.3 Å². The fourth-order valence-electron chi connectivity index (χ4n) is 1.59. The highest BCUT2D eigenvalue weighted by Gasteiger charge is 2.37. The van der Waals surface area contributed by atoms with Crippen molar-refractivity contribution in [3.8, 4) is 0 Å². The minimum atomic E-state index is -3.50. The van der Waals surface area contributed by atoms with E-state index < -0.39 is 22.1 Å². The van der Waals surface area contributed by atoms with E-state index in [-0.39, 0.29) is 19.1 Å². The Kier molecular flexibility index (Phi) is 3.92. The molecule has 0 radical (unpaired) electrons. The van der Waals surface area contributed by atoms with Crippen molar-refractivity contribution in [1.82, 2.24) is 8.61 Å². The van der Waals surface area contributed by atoms with Gasteiger partial charge in [0.25, 0.3) is 10.2 Å². The first-order valence-electron chi connectivity index (χ1n) is 5.22. The molecule has 0 saturated carbocycles. The number of nitrogens with zero attached hydrogens (tertiary/aromatic N) is 2. The molecule has 0 amide bonds. The Balaban J connectivity index is 2.77. The Labute approximate surface area is 96.0 Å². The smallest absolute Gasteiger partial charge is 0.307 e. The molecule has 0 aromatic rings. The molecule has 0 aromatic carbocycles. The molecule has 1 N–H and O–H groups in total. The van der Waals surface area contributed by atoms with Crippen molar-refractivity contribution in [1.29, 1.82) is 0 Å². The molecule has 6 nitrogen and oxygen atoms in total. The van der Waals surface area contributed by atoms with E-state index in [0.29, 0.717) is 6.42 Å². The molecular weight excluding hydrogens is 232 g/mol. The molecule has 0 spiro atoms. The van der Waals surface area contributed by atoms with Crippen LogP contribution in [0.3, 0.4) is 0 Å². The Hall–Kier alpha value is -0.660. The van der Waals surface area contributed by atoms with Crippen molar-refractivity contribution in [3.63, 3.8) is 0 Å². The first kappa shape index (κ1) is 13.4. The summed E-state index contributed by atoms with van der Waals surface area (Å²) < 4.78 is 26.5. The summed E-state index contributed by atoms with van der Waals surface area (Å²) in [6, 6.07) is -0.131. The third-order valence-corrected chi connectivity index (χ3v) is 5.05. The van der Waals surface area contributed by atoms with Crippen LogP contribution in [0.2, 0.25) is 0 Å². The average Bonchev–Trinajstić information content (AvgIpc) is 2.65. The lowest BCUT2D eigenvalue weighted by atomic mass is 10.1. The average molecular weight is 250 g/mol. The van der Waals surface area contributed by atoms with Gasteiger partial charge in [-0.2, -0.15) is 17.0 Å². The number of hydrogen-bond acceptors (Lipinski definition) is 3. The number of hydrogen-bond donors (Lipinski definition) is 1. The van der Waals surface area contributed by atoms with E-state index in [1.807, 2.05) is 0 Å². The van der Waals surface area contributed by atoms with Gasteiger partial charge in [0.1, 0.15) is 0 Å². The van der Waals surface area contributed by atoms with Gasteiger partial charge >= 0.3 is 5.97 Å². The van der Waals surface area contributed by atoms with Crippen LogP contribution < -0.4 is 0 Å². The Morgan fingerprint density at radius 3 is 2.44 bits per heavy atom. The molecular formula is C9H18N2O4S. The van der Waals surface area contributed by atoms with Crippen LogP contribution >= 0.6 is 0 Å². The number of rotatable bonds is 4. The maximum absolute atomic E-state index is 12.0. The van der Waals surface area contributed by atoms with Crippen LogP contribution in [0.1, 0.15) is 20.3 Å². The summed E-state index contributed by atoms with van der Waals surface area (Å²) in [6.07, 6.45) is 0.389. The summed E-state index contributed by atoms with van der Waals surface area (Å²) in [5.41, 5.74) is 0. The molecule has 1 aliphatic rings. The molecule has 1 atom stereocenters. The van der Waals surface area contributed by atoms with Gasteiger partial charge in [0, 0.05) is 26.2 Å². The minimum Gasteiger partial charge on any atom is -0.481 e. The molecule has 94 valence electrons. The van der Waals surface area contributed by atoms with Gasteiger partial charge in [0.05, 0.1) is 5.92 Å². The van der Waals surface area contributed by atoms with Crippen molar-refractivity contribution in [2.45, 2.75) is 26.3 Å². The summed E-state index contributed by atoms with van der Waals surface area (Å²) in [5.74, 6) is -1.50. The molecule has 0 aliphatic carbocycles. The van der Waals surface area contributed by atoms with Crippen molar-refractivity contribution >= 4 is 16.2 Å². The molecule has 16 heavy (non-hydrogen) atoms. The van der Waals surface area contributed by atoms with E-state index in [1.54, 1.807) is 13.8 Å². The van der Waals surface area contributed by atoms with Crippen molar-refractivity contribution in [2.75, 3.05) is 20.1 Å². The molecule has 1 aliphatic heterocycles. The molecule has 1 rings (SSSR count). The van der Waals surface area contributed by atoms with Crippen LogP contribution in [0.5, 0.6) is 0 Å². The van der Waals surface area contributed by atoms with Crippen LogP contribution in [-0.4, -0.2) is 54.3 Å². The lowest BCUT2D eigenvalue weighted by Gasteiger charge is -2.26. The SMILES string of the molecule is CC(C)N(C)S(=O)(=O)N1CCC(C(=O)O)C1. The number of aliphatic carboxylic acids is 1. The molecule has 1 fully saturated rings. The Morgan fingerprint density at radius 1 is 1.50 bits per heavy atom. The standard InChI is InChI=1S/C9H18N2O4S/c1-7(2)10(3)16(14,15)11-5-4-8(6-11)9(12)13/h7-8H,4-6H2,1-3H3,(H,12,13). The maximum Gasteiger partial charge on any atom is 0.307 e. The summed E-state index contributed by atoms with van der Waals surface area (Å²) in [4.78, 5) is 10.7. The van der Waals surface area contributed by atoms with Crippen LogP contribution in [0.4, 0.5) is 0 Å². The predicted molar refractivity (Wildman–Crippen MR) is 59.1 cm³/mol. The first-order valence-corrected chi connectivity index (χ1v) is 6.62. The van der Waals surface area contributed by atoms with Gasteiger partial charge in [-0.1, -0.05) is 0 Å². The van der Waals surface area contributed by atoms with Crippen LogP contribution in [0.25, 0.3) is 0 Å². The molecule has 1 heterocycles. The second-order valence-corrected chi connectivity index (χ2v) is 6.29. The quantitative estimate of drug-likeness (QED) is 0.760. The summed E-state index contributed by atoms with van der Waals surface area (Å²) in [6.45, 7) is 3.93. The molecule has 0 bridgehead atoms. The normalized spacial score (nSPS) is 23.2. The number of carbonyl (C=O) groups is 1. The van der Waals surface area contributed by atoms with Crippen LogP contribution in [0, 0.1) is 5.92 Å². The second-order valence-electron chi connectivity index (χ2n) is 4.30. The van der Waals surface area contributed by atoms with Gasteiger partial charge in [-0.25, -0.2) is 0 Å². The zero-order valence-electron chi connectivity index (χ0n) is 9.75. The Bertz CT molecular complexity index is 366. The highest BCUT2D eigenvalue weighted by atomic mass is 32.2. The second kappa shape index (κ2) is 4.68. The third kappa shape index (κ3) is 2.53.